The number of guanidine groups is 1. The average Bonchev–Trinajstić information content (AvgIpc) is 2.65. The number of sulfonamides is 1. The average molecular weight is 520 g/mol. The molecule has 0 unspecified atom stereocenters. The molecule has 0 saturated carbocycles. The summed E-state index contributed by atoms with van der Waals surface area (Å²) in [6.45, 7) is 2.73. The minimum atomic E-state index is -3.43. The predicted octanol–water partition coefficient (Wildman–Crippen LogP) is 2.87. The van der Waals surface area contributed by atoms with E-state index in [9.17, 15) is 12.8 Å². The van der Waals surface area contributed by atoms with Gasteiger partial charge >= 0.3 is 0 Å². The zero-order valence-corrected chi connectivity index (χ0v) is 19.5. The topological polar surface area (TPSA) is 73.8 Å². The fourth-order valence-corrected chi connectivity index (χ4v) is 3.30. The van der Waals surface area contributed by atoms with Gasteiger partial charge in [-0.15, -0.1) is 24.0 Å². The second-order valence-electron chi connectivity index (χ2n) is 6.29. The first-order valence-corrected chi connectivity index (χ1v) is 9.89. The lowest BCUT2D eigenvalue weighted by Crippen LogP contribution is -2.36. The van der Waals surface area contributed by atoms with Crippen molar-refractivity contribution in [3.63, 3.8) is 0 Å². The normalized spacial score (nSPS) is 11.9. The summed E-state index contributed by atoms with van der Waals surface area (Å²) in [5.41, 5.74) is 2.48. The Kier molecular flexibility index (Phi) is 9.31. The van der Waals surface area contributed by atoms with E-state index in [-0.39, 0.29) is 34.7 Å². The number of nitrogens with zero attached hydrogens (tertiary/aromatic N) is 2. The lowest BCUT2D eigenvalue weighted by molar-refractivity contribution is 0.520. The van der Waals surface area contributed by atoms with Gasteiger partial charge in [-0.2, -0.15) is 0 Å². The zero-order chi connectivity index (χ0) is 20.0. The summed E-state index contributed by atoms with van der Waals surface area (Å²) in [5, 5.41) is 6.33. The maximum Gasteiger partial charge on any atom is 0.242 e. The van der Waals surface area contributed by atoms with Crippen LogP contribution in [0.4, 0.5) is 4.39 Å². The Balaban J connectivity index is 0.00000392. The molecule has 0 saturated heterocycles. The van der Waals surface area contributed by atoms with Crippen LogP contribution in [0.15, 0.2) is 52.4 Å². The van der Waals surface area contributed by atoms with Crippen molar-refractivity contribution >= 4 is 40.0 Å². The molecular weight excluding hydrogens is 494 g/mol. The maximum atomic E-state index is 13.3. The Labute approximate surface area is 183 Å². The van der Waals surface area contributed by atoms with Crippen molar-refractivity contribution in [1.82, 2.24) is 14.9 Å². The summed E-state index contributed by atoms with van der Waals surface area (Å²) >= 11 is 0. The van der Waals surface area contributed by atoms with E-state index >= 15 is 0 Å². The molecule has 0 heterocycles. The molecule has 0 aliphatic rings. The first-order valence-electron chi connectivity index (χ1n) is 8.45. The van der Waals surface area contributed by atoms with Crippen LogP contribution in [0.1, 0.15) is 16.7 Å². The lowest BCUT2D eigenvalue weighted by Gasteiger charge is -2.14. The molecule has 2 aromatic rings. The van der Waals surface area contributed by atoms with Crippen LogP contribution in [0, 0.1) is 12.7 Å². The van der Waals surface area contributed by atoms with Crippen molar-refractivity contribution in [2.24, 2.45) is 4.99 Å². The van der Waals surface area contributed by atoms with Gasteiger partial charge in [-0.05, 0) is 41.8 Å². The number of hydrogen-bond donors (Lipinski definition) is 2. The van der Waals surface area contributed by atoms with Crippen molar-refractivity contribution in [2.45, 2.75) is 24.9 Å². The molecule has 2 rings (SSSR count). The highest BCUT2D eigenvalue weighted by Gasteiger charge is 2.16. The highest BCUT2D eigenvalue weighted by atomic mass is 127. The summed E-state index contributed by atoms with van der Waals surface area (Å²) < 4.78 is 38.7. The van der Waals surface area contributed by atoms with Crippen molar-refractivity contribution in [3.05, 3.63) is 65.0 Å². The van der Waals surface area contributed by atoms with Crippen LogP contribution in [0.25, 0.3) is 0 Å². The predicted molar refractivity (Wildman–Crippen MR) is 121 cm³/mol. The van der Waals surface area contributed by atoms with Crippen LogP contribution in [0.3, 0.4) is 0 Å². The van der Waals surface area contributed by atoms with Crippen LogP contribution in [-0.4, -0.2) is 39.8 Å². The molecule has 0 radical (unpaired) electrons. The number of nitrogens with one attached hydrogen (secondary N) is 2. The molecule has 0 atom stereocenters. The molecule has 0 bridgehead atoms. The molecule has 0 aliphatic carbocycles. The summed E-state index contributed by atoms with van der Waals surface area (Å²) in [4.78, 5) is 4.41. The molecule has 2 aromatic carbocycles. The van der Waals surface area contributed by atoms with Crippen LogP contribution < -0.4 is 10.6 Å². The van der Waals surface area contributed by atoms with Crippen LogP contribution in [-0.2, 0) is 23.1 Å². The zero-order valence-electron chi connectivity index (χ0n) is 16.4. The van der Waals surface area contributed by atoms with Gasteiger partial charge in [0.1, 0.15) is 5.82 Å². The largest absolute Gasteiger partial charge is 0.352 e. The van der Waals surface area contributed by atoms with Crippen molar-refractivity contribution in [1.29, 1.82) is 0 Å². The molecule has 154 valence electrons. The lowest BCUT2D eigenvalue weighted by atomic mass is 10.1. The second kappa shape index (κ2) is 10.7. The molecule has 6 nitrogen and oxygen atoms in total. The number of rotatable bonds is 6. The van der Waals surface area contributed by atoms with Crippen LogP contribution in [0.5, 0.6) is 0 Å². The standard InChI is InChI=1S/C19H25FN4O2S.HI/c1-14-11-16(7-10-18(14)20)13-23-19(21-2)22-12-15-5-8-17(9-6-15)27(25,26)24(3)4;/h5-11H,12-13H2,1-4H3,(H2,21,22,23);1H. The molecule has 0 spiro atoms. The van der Waals surface area contributed by atoms with E-state index in [4.69, 9.17) is 0 Å². The van der Waals surface area contributed by atoms with E-state index < -0.39 is 10.0 Å². The number of halogens is 2. The van der Waals surface area contributed by atoms with Gasteiger partial charge in [-0.1, -0.05) is 24.3 Å². The third-order valence-electron chi connectivity index (χ3n) is 4.07. The Bertz CT molecular complexity index is 916. The van der Waals surface area contributed by atoms with E-state index in [1.807, 2.05) is 0 Å². The Morgan fingerprint density at radius 2 is 1.57 bits per heavy atom. The SMILES string of the molecule is CN=C(NCc1ccc(S(=O)(=O)N(C)C)cc1)NCc1ccc(F)c(C)c1.I. The Morgan fingerprint density at radius 3 is 2.07 bits per heavy atom. The van der Waals surface area contributed by atoms with Gasteiger partial charge in [0.05, 0.1) is 4.90 Å². The van der Waals surface area contributed by atoms with E-state index in [0.717, 1.165) is 11.1 Å². The summed E-state index contributed by atoms with van der Waals surface area (Å²) in [7, 11) is 1.25. The van der Waals surface area contributed by atoms with Crippen molar-refractivity contribution < 1.29 is 12.8 Å². The summed E-state index contributed by atoms with van der Waals surface area (Å²) in [5.74, 6) is 0.378. The molecule has 0 aliphatic heterocycles. The van der Waals surface area contributed by atoms with E-state index in [2.05, 4.69) is 15.6 Å². The molecule has 0 aromatic heterocycles. The first-order chi connectivity index (χ1) is 12.7. The Hall–Kier alpha value is -1.72. The van der Waals surface area contributed by atoms with Crippen molar-refractivity contribution in [2.75, 3.05) is 21.1 Å². The van der Waals surface area contributed by atoms with Gasteiger partial charge in [0.25, 0.3) is 0 Å². The van der Waals surface area contributed by atoms with Gasteiger partial charge in [0, 0.05) is 34.2 Å². The van der Waals surface area contributed by atoms with Crippen molar-refractivity contribution in [3.8, 4) is 0 Å². The van der Waals surface area contributed by atoms with E-state index in [1.54, 1.807) is 50.4 Å². The summed E-state index contributed by atoms with van der Waals surface area (Å²) in [6, 6.07) is 11.7. The van der Waals surface area contributed by atoms with E-state index in [1.165, 1.54) is 24.5 Å². The van der Waals surface area contributed by atoms with Gasteiger partial charge < -0.3 is 10.6 Å². The molecular formula is C19H26FIN4O2S. The number of benzene rings is 2. The third-order valence-corrected chi connectivity index (χ3v) is 5.90. The third kappa shape index (κ3) is 6.42. The van der Waals surface area contributed by atoms with Crippen LogP contribution in [0.2, 0.25) is 0 Å². The van der Waals surface area contributed by atoms with E-state index in [0.29, 0.717) is 24.6 Å². The molecule has 9 heteroatoms. The molecule has 0 amide bonds. The highest BCUT2D eigenvalue weighted by molar-refractivity contribution is 14.0. The molecule has 28 heavy (non-hydrogen) atoms. The van der Waals surface area contributed by atoms with Crippen LogP contribution >= 0.6 is 24.0 Å². The maximum absolute atomic E-state index is 13.3. The quantitative estimate of drug-likeness (QED) is 0.349. The minimum absolute atomic E-state index is 0. The smallest absolute Gasteiger partial charge is 0.242 e. The second-order valence-corrected chi connectivity index (χ2v) is 8.45. The van der Waals surface area contributed by atoms with Gasteiger partial charge in [-0.3, -0.25) is 4.99 Å². The number of hydrogen-bond acceptors (Lipinski definition) is 3. The minimum Gasteiger partial charge on any atom is -0.352 e. The van der Waals surface area contributed by atoms with Gasteiger partial charge in [-0.25, -0.2) is 17.1 Å². The summed E-state index contributed by atoms with van der Waals surface area (Å²) in [6.07, 6.45) is 0. The first kappa shape index (κ1) is 24.3. The molecule has 0 fully saturated rings. The fourth-order valence-electron chi connectivity index (χ4n) is 2.40. The fraction of sp³-hybridized carbons (Fsp3) is 0.316. The Morgan fingerprint density at radius 1 is 1.04 bits per heavy atom. The van der Waals surface area contributed by atoms with Gasteiger partial charge in [0.2, 0.25) is 10.0 Å². The highest BCUT2D eigenvalue weighted by Crippen LogP contribution is 2.14. The van der Waals surface area contributed by atoms with Gasteiger partial charge in [0.15, 0.2) is 5.96 Å². The number of aryl methyl sites for hydroxylation is 1. The number of aliphatic imine (C=N–C) groups is 1. The molecule has 2 N–H and O–H groups in total. The monoisotopic (exact) mass is 520 g/mol.